The van der Waals surface area contributed by atoms with Crippen LogP contribution in [0.1, 0.15) is 11.3 Å². The van der Waals surface area contributed by atoms with Crippen LogP contribution >= 0.6 is 31.9 Å². The molecule has 0 radical (unpaired) electrons. The van der Waals surface area contributed by atoms with Gasteiger partial charge in [0, 0.05) is 33.3 Å². The lowest BCUT2D eigenvalue weighted by Gasteiger charge is -2.12. The molecule has 0 saturated heterocycles. The van der Waals surface area contributed by atoms with E-state index in [1.54, 1.807) is 6.20 Å². The molecule has 0 saturated carbocycles. The minimum absolute atomic E-state index is 0.0809. The van der Waals surface area contributed by atoms with Gasteiger partial charge in [0.25, 0.3) is 0 Å². The predicted octanol–water partition coefficient (Wildman–Crippen LogP) is 3.72. The highest BCUT2D eigenvalue weighted by Gasteiger charge is 2.08. The van der Waals surface area contributed by atoms with Gasteiger partial charge in [-0.05, 0) is 46.1 Å². The van der Waals surface area contributed by atoms with Crippen LogP contribution in [-0.4, -0.2) is 11.0 Å². The first kappa shape index (κ1) is 13.7. The summed E-state index contributed by atoms with van der Waals surface area (Å²) in [5.74, 6) is 0. The van der Waals surface area contributed by atoms with E-state index in [1.807, 2.05) is 30.3 Å². The Balaban J connectivity index is 1.99. The van der Waals surface area contributed by atoms with Gasteiger partial charge < -0.3 is 5.73 Å². The van der Waals surface area contributed by atoms with E-state index >= 15 is 0 Å². The van der Waals surface area contributed by atoms with Crippen molar-refractivity contribution in [3.63, 3.8) is 0 Å². The van der Waals surface area contributed by atoms with E-state index in [0.29, 0.717) is 0 Å². The first-order valence-corrected chi connectivity index (χ1v) is 7.33. The van der Waals surface area contributed by atoms with E-state index in [9.17, 15) is 0 Å². The molecule has 18 heavy (non-hydrogen) atoms. The molecule has 1 atom stereocenters. The molecule has 2 rings (SSSR count). The lowest BCUT2D eigenvalue weighted by molar-refractivity contribution is 0.652. The van der Waals surface area contributed by atoms with Gasteiger partial charge in [-0.15, -0.1) is 0 Å². The summed E-state index contributed by atoms with van der Waals surface area (Å²) in [7, 11) is 0. The molecular formula is C14H14Br2N2. The summed E-state index contributed by atoms with van der Waals surface area (Å²) >= 11 is 6.92. The highest BCUT2D eigenvalue weighted by atomic mass is 79.9. The second-order valence-corrected chi connectivity index (χ2v) is 6.00. The zero-order valence-electron chi connectivity index (χ0n) is 9.81. The van der Waals surface area contributed by atoms with Crippen molar-refractivity contribution in [2.75, 3.05) is 0 Å². The minimum atomic E-state index is 0.0809. The van der Waals surface area contributed by atoms with Crippen molar-refractivity contribution >= 4 is 31.9 Å². The molecule has 2 N–H and O–H groups in total. The molecule has 1 heterocycles. The van der Waals surface area contributed by atoms with Crippen molar-refractivity contribution in [2.45, 2.75) is 18.9 Å². The fourth-order valence-corrected chi connectivity index (χ4v) is 2.50. The average Bonchev–Trinajstić information content (AvgIpc) is 2.35. The third kappa shape index (κ3) is 3.90. The van der Waals surface area contributed by atoms with Gasteiger partial charge in [0.1, 0.15) is 0 Å². The number of nitrogens with zero attached hydrogens (tertiary/aromatic N) is 1. The Morgan fingerprint density at radius 1 is 1.06 bits per heavy atom. The quantitative estimate of drug-likeness (QED) is 0.891. The van der Waals surface area contributed by atoms with Crippen LogP contribution in [0, 0.1) is 0 Å². The summed E-state index contributed by atoms with van der Waals surface area (Å²) in [5.41, 5.74) is 8.44. The largest absolute Gasteiger partial charge is 0.327 e. The Kier molecular flexibility index (Phi) is 4.92. The molecule has 1 aromatic heterocycles. The number of halogens is 2. The number of pyridine rings is 1. The Bertz CT molecular complexity index is 511. The number of nitrogens with two attached hydrogens (primary N) is 1. The third-order valence-corrected chi connectivity index (χ3v) is 3.94. The molecule has 0 amide bonds. The molecule has 0 aliphatic heterocycles. The second kappa shape index (κ2) is 6.45. The van der Waals surface area contributed by atoms with Crippen molar-refractivity contribution < 1.29 is 0 Å². The van der Waals surface area contributed by atoms with Crippen LogP contribution < -0.4 is 5.73 Å². The fraction of sp³-hybridized carbons (Fsp3) is 0.214. The maximum absolute atomic E-state index is 6.17. The van der Waals surface area contributed by atoms with Gasteiger partial charge in [-0.1, -0.05) is 34.1 Å². The van der Waals surface area contributed by atoms with Gasteiger partial charge >= 0.3 is 0 Å². The SMILES string of the molecule is NC(Cc1ccc(Br)cn1)Cc1ccccc1Br. The third-order valence-electron chi connectivity index (χ3n) is 2.70. The Labute approximate surface area is 124 Å². The van der Waals surface area contributed by atoms with Crippen LogP contribution in [0.2, 0.25) is 0 Å². The molecule has 0 aliphatic carbocycles. The average molecular weight is 370 g/mol. The van der Waals surface area contributed by atoms with Crippen molar-refractivity contribution in [1.29, 1.82) is 0 Å². The fourth-order valence-electron chi connectivity index (χ4n) is 1.81. The van der Waals surface area contributed by atoms with Gasteiger partial charge in [0.15, 0.2) is 0 Å². The Morgan fingerprint density at radius 3 is 2.50 bits per heavy atom. The molecular weight excluding hydrogens is 356 g/mol. The normalized spacial score (nSPS) is 12.4. The molecule has 1 unspecified atom stereocenters. The minimum Gasteiger partial charge on any atom is -0.327 e. The molecule has 0 bridgehead atoms. The first-order chi connectivity index (χ1) is 8.65. The van der Waals surface area contributed by atoms with Crippen LogP contribution in [-0.2, 0) is 12.8 Å². The van der Waals surface area contributed by atoms with Crippen LogP contribution in [0.3, 0.4) is 0 Å². The molecule has 0 fully saturated rings. The molecule has 0 spiro atoms. The van der Waals surface area contributed by atoms with Crippen LogP contribution in [0.15, 0.2) is 51.5 Å². The molecule has 2 aromatic rings. The summed E-state index contributed by atoms with van der Waals surface area (Å²) in [4.78, 5) is 4.34. The number of benzene rings is 1. The van der Waals surface area contributed by atoms with E-state index < -0.39 is 0 Å². The van der Waals surface area contributed by atoms with Gasteiger partial charge in [-0.3, -0.25) is 4.98 Å². The summed E-state index contributed by atoms with van der Waals surface area (Å²) in [6, 6.07) is 12.3. The number of hydrogen-bond acceptors (Lipinski definition) is 2. The smallest absolute Gasteiger partial charge is 0.0420 e. The van der Waals surface area contributed by atoms with E-state index in [0.717, 1.165) is 27.5 Å². The van der Waals surface area contributed by atoms with Crippen molar-refractivity contribution in [2.24, 2.45) is 5.73 Å². The van der Waals surface area contributed by atoms with Crippen molar-refractivity contribution in [3.8, 4) is 0 Å². The van der Waals surface area contributed by atoms with Gasteiger partial charge in [0.05, 0.1) is 0 Å². The zero-order chi connectivity index (χ0) is 13.0. The van der Waals surface area contributed by atoms with Crippen LogP contribution in [0.4, 0.5) is 0 Å². The van der Waals surface area contributed by atoms with E-state index in [2.05, 4.69) is 42.9 Å². The van der Waals surface area contributed by atoms with Crippen molar-refractivity contribution in [3.05, 3.63) is 62.8 Å². The highest BCUT2D eigenvalue weighted by molar-refractivity contribution is 9.10. The van der Waals surface area contributed by atoms with Crippen molar-refractivity contribution in [1.82, 2.24) is 4.98 Å². The zero-order valence-corrected chi connectivity index (χ0v) is 13.0. The molecule has 4 heteroatoms. The molecule has 2 nitrogen and oxygen atoms in total. The van der Waals surface area contributed by atoms with E-state index in [-0.39, 0.29) is 6.04 Å². The van der Waals surface area contributed by atoms with Crippen LogP contribution in [0.5, 0.6) is 0 Å². The highest BCUT2D eigenvalue weighted by Crippen LogP contribution is 2.18. The maximum atomic E-state index is 6.17. The number of aromatic nitrogens is 1. The van der Waals surface area contributed by atoms with Gasteiger partial charge in [0.2, 0.25) is 0 Å². The number of hydrogen-bond donors (Lipinski definition) is 1. The number of rotatable bonds is 4. The predicted molar refractivity (Wildman–Crippen MR) is 81.5 cm³/mol. The summed E-state index contributed by atoms with van der Waals surface area (Å²) in [6.07, 6.45) is 3.44. The summed E-state index contributed by atoms with van der Waals surface area (Å²) in [5, 5.41) is 0. The Hall–Kier alpha value is -0.710. The summed E-state index contributed by atoms with van der Waals surface area (Å²) < 4.78 is 2.11. The first-order valence-electron chi connectivity index (χ1n) is 5.74. The second-order valence-electron chi connectivity index (χ2n) is 4.23. The maximum Gasteiger partial charge on any atom is 0.0420 e. The van der Waals surface area contributed by atoms with E-state index in [1.165, 1.54) is 5.56 Å². The van der Waals surface area contributed by atoms with Gasteiger partial charge in [-0.2, -0.15) is 0 Å². The standard InChI is InChI=1S/C14H14Br2N2/c15-11-5-6-13(18-9-11)8-12(17)7-10-3-1-2-4-14(10)16/h1-6,9,12H,7-8,17H2. The molecule has 1 aromatic carbocycles. The summed E-state index contributed by atoms with van der Waals surface area (Å²) in [6.45, 7) is 0. The Morgan fingerprint density at radius 2 is 1.83 bits per heavy atom. The van der Waals surface area contributed by atoms with E-state index in [4.69, 9.17) is 5.73 Å². The molecule has 94 valence electrons. The van der Waals surface area contributed by atoms with Gasteiger partial charge in [-0.25, -0.2) is 0 Å². The monoisotopic (exact) mass is 368 g/mol. The lowest BCUT2D eigenvalue weighted by Crippen LogP contribution is -2.26. The topological polar surface area (TPSA) is 38.9 Å². The molecule has 0 aliphatic rings. The van der Waals surface area contributed by atoms with Crippen LogP contribution in [0.25, 0.3) is 0 Å². The lowest BCUT2D eigenvalue weighted by atomic mass is 10.0.